The number of likely N-dealkylation sites (tertiary alicyclic amines) is 1. The van der Waals surface area contributed by atoms with E-state index in [0.29, 0.717) is 29.5 Å². The van der Waals surface area contributed by atoms with Crippen molar-refractivity contribution in [1.29, 1.82) is 0 Å². The Labute approximate surface area is 148 Å². The van der Waals surface area contributed by atoms with Gasteiger partial charge in [0.25, 0.3) is 5.91 Å². The van der Waals surface area contributed by atoms with Gasteiger partial charge in [-0.2, -0.15) is 0 Å². The molecule has 25 heavy (non-hydrogen) atoms. The van der Waals surface area contributed by atoms with Crippen LogP contribution in [0.4, 0.5) is 0 Å². The fraction of sp³-hybridized carbons (Fsp3) is 0.400. The van der Waals surface area contributed by atoms with E-state index in [4.69, 9.17) is 4.52 Å². The van der Waals surface area contributed by atoms with Crippen molar-refractivity contribution in [2.24, 2.45) is 5.92 Å². The molecule has 3 rings (SSSR count). The van der Waals surface area contributed by atoms with E-state index < -0.39 is 0 Å². The topological polar surface area (TPSA) is 58.4 Å². The molecule has 0 saturated carbocycles. The fourth-order valence-corrected chi connectivity index (χ4v) is 3.28. The van der Waals surface area contributed by atoms with E-state index in [1.165, 1.54) is 5.56 Å². The van der Waals surface area contributed by atoms with Crippen LogP contribution >= 0.6 is 0 Å². The Morgan fingerprint density at radius 2 is 2.16 bits per heavy atom. The lowest BCUT2D eigenvalue weighted by Gasteiger charge is -2.14. The molecule has 0 aliphatic carbocycles. The molecule has 5 heteroatoms. The first-order chi connectivity index (χ1) is 12.1. The quantitative estimate of drug-likeness (QED) is 0.879. The van der Waals surface area contributed by atoms with Gasteiger partial charge in [0.15, 0.2) is 0 Å². The summed E-state index contributed by atoms with van der Waals surface area (Å²) in [5.74, 6) is 0.988. The standard InChI is InChI=1S/C20H25N3O2/c1-15-19(16(2)25-22-15)20(24)21-13-18-10-12-23(14-18)11-6-9-17-7-4-3-5-8-17/h3-9,18H,10-14H2,1-2H3,(H,21,24)/b9-6+. The minimum absolute atomic E-state index is 0.0846. The van der Waals surface area contributed by atoms with E-state index in [0.717, 1.165) is 26.1 Å². The molecule has 0 radical (unpaired) electrons. The van der Waals surface area contributed by atoms with Crippen LogP contribution in [0.25, 0.3) is 6.08 Å². The number of aromatic nitrogens is 1. The lowest BCUT2D eigenvalue weighted by atomic mass is 10.1. The summed E-state index contributed by atoms with van der Waals surface area (Å²) >= 11 is 0. The summed E-state index contributed by atoms with van der Waals surface area (Å²) in [4.78, 5) is 14.7. The molecule has 2 aromatic rings. The third-order valence-electron chi connectivity index (χ3n) is 4.66. The van der Waals surface area contributed by atoms with Gasteiger partial charge in [0.2, 0.25) is 0 Å². The Morgan fingerprint density at radius 1 is 1.36 bits per heavy atom. The summed E-state index contributed by atoms with van der Waals surface area (Å²) < 4.78 is 5.06. The molecule has 1 unspecified atom stereocenters. The van der Waals surface area contributed by atoms with Gasteiger partial charge in [-0.25, -0.2) is 0 Å². The second kappa shape index (κ2) is 8.12. The van der Waals surface area contributed by atoms with Gasteiger partial charge in [0, 0.05) is 19.6 Å². The summed E-state index contributed by atoms with van der Waals surface area (Å²) in [5.41, 5.74) is 2.44. The molecule has 132 valence electrons. The van der Waals surface area contributed by atoms with Crippen LogP contribution in [0, 0.1) is 19.8 Å². The van der Waals surface area contributed by atoms with Gasteiger partial charge in [-0.3, -0.25) is 9.69 Å². The molecular formula is C20H25N3O2. The highest BCUT2D eigenvalue weighted by Gasteiger charge is 2.23. The number of nitrogens with one attached hydrogen (secondary N) is 1. The predicted octanol–water partition coefficient (Wildman–Crippen LogP) is 3.06. The fourth-order valence-electron chi connectivity index (χ4n) is 3.28. The first-order valence-electron chi connectivity index (χ1n) is 8.78. The number of benzene rings is 1. The van der Waals surface area contributed by atoms with Crippen LogP contribution in [0.1, 0.15) is 33.8 Å². The van der Waals surface area contributed by atoms with Gasteiger partial charge in [-0.05, 0) is 38.3 Å². The number of nitrogens with zero attached hydrogens (tertiary/aromatic N) is 2. The smallest absolute Gasteiger partial charge is 0.256 e. The molecule has 1 aromatic heterocycles. The van der Waals surface area contributed by atoms with Crippen molar-refractivity contribution in [3.05, 3.63) is 59.0 Å². The molecule has 1 fully saturated rings. The minimum atomic E-state index is -0.0846. The van der Waals surface area contributed by atoms with Crippen LogP contribution in [0.3, 0.4) is 0 Å². The Kier molecular flexibility index (Phi) is 5.66. The molecule has 1 amide bonds. The van der Waals surface area contributed by atoms with Gasteiger partial charge >= 0.3 is 0 Å². The molecule has 2 heterocycles. The van der Waals surface area contributed by atoms with Gasteiger partial charge in [0.1, 0.15) is 11.3 Å². The van der Waals surface area contributed by atoms with Crippen molar-refractivity contribution < 1.29 is 9.32 Å². The number of carbonyl (C=O) groups excluding carboxylic acids is 1. The van der Waals surface area contributed by atoms with Crippen LogP contribution in [0.15, 0.2) is 40.9 Å². The highest BCUT2D eigenvalue weighted by molar-refractivity contribution is 5.96. The molecule has 0 bridgehead atoms. The molecule has 5 nitrogen and oxygen atoms in total. The normalized spacial score (nSPS) is 18.1. The van der Waals surface area contributed by atoms with E-state index >= 15 is 0 Å². The second-order valence-corrected chi connectivity index (χ2v) is 6.64. The largest absolute Gasteiger partial charge is 0.361 e. The third kappa shape index (κ3) is 4.57. The lowest BCUT2D eigenvalue weighted by molar-refractivity contribution is 0.0945. The summed E-state index contributed by atoms with van der Waals surface area (Å²) in [7, 11) is 0. The number of aryl methyl sites for hydroxylation is 2. The maximum atomic E-state index is 12.3. The first-order valence-corrected chi connectivity index (χ1v) is 8.78. The van der Waals surface area contributed by atoms with Gasteiger partial charge in [-0.15, -0.1) is 0 Å². The molecular weight excluding hydrogens is 314 g/mol. The Bertz CT molecular complexity index is 717. The molecule has 1 aromatic carbocycles. The summed E-state index contributed by atoms with van der Waals surface area (Å²) in [6.07, 6.45) is 5.48. The third-order valence-corrected chi connectivity index (χ3v) is 4.66. The first kappa shape index (κ1) is 17.4. The van der Waals surface area contributed by atoms with Crippen LogP contribution < -0.4 is 5.32 Å². The highest BCUT2D eigenvalue weighted by atomic mass is 16.5. The molecule has 1 aliphatic heterocycles. The lowest BCUT2D eigenvalue weighted by Crippen LogP contribution is -2.31. The summed E-state index contributed by atoms with van der Waals surface area (Å²) in [6.45, 7) is 7.30. The van der Waals surface area contributed by atoms with Crippen molar-refractivity contribution in [2.75, 3.05) is 26.2 Å². The average Bonchev–Trinajstić information content (AvgIpc) is 3.20. The molecule has 1 aliphatic rings. The molecule has 1 saturated heterocycles. The SMILES string of the molecule is Cc1noc(C)c1C(=O)NCC1CCN(C/C=C/c2ccccc2)C1. The number of amides is 1. The Hall–Kier alpha value is -2.40. The average molecular weight is 339 g/mol. The van der Waals surface area contributed by atoms with E-state index in [-0.39, 0.29) is 5.91 Å². The van der Waals surface area contributed by atoms with Crippen LogP contribution in [0.5, 0.6) is 0 Å². The Morgan fingerprint density at radius 3 is 2.88 bits per heavy atom. The van der Waals surface area contributed by atoms with Crippen LogP contribution in [-0.2, 0) is 0 Å². The monoisotopic (exact) mass is 339 g/mol. The summed E-state index contributed by atoms with van der Waals surface area (Å²) in [6, 6.07) is 10.3. The van der Waals surface area contributed by atoms with E-state index in [9.17, 15) is 4.79 Å². The zero-order chi connectivity index (χ0) is 17.6. The maximum Gasteiger partial charge on any atom is 0.256 e. The zero-order valence-corrected chi connectivity index (χ0v) is 14.9. The van der Waals surface area contributed by atoms with Crippen molar-refractivity contribution in [3.63, 3.8) is 0 Å². The van der Waals surface area contributed by atoms with Crippen molar-refractivity contribution in [2.45, 2.75) is 20.3 Å². The van der Waals surface area contributed by atoms with Gasteiger partial charge < -0.3 is 9.84 Å². The van der Waals surface area contributed by atoms with Crippen LogP contribution in [-0.4, -0.2) is 42.1 Å². The van der Waals surface area contributed by atoms with Crippen molar-refractivity contribution in [1.82, 2.24) is 15.4 Å². The van der Waals surface area contributed by atoms with Crippen LogP contribution in [0.2, 0.25) is 0 Å². The molecule has 1 N–H and O–H groups in total. The van der Waals surface area contributed by atoms with Gasteiger partial charge in [0.05, 0.1) is 5.69 Å². The Balaban J connectivity index is 1.42. The number of carbonyl (C=O) groups is 1. The van der Waals surface area contributed by atoms with Crippen molar-refractivity contribution >= 4 is 12.0 Å². The highest BCUT2D eigenvalue weighted by Crippen LogP contribution is 2.17. The molecule has 1 atom stereocenters. The van der Waals surface area contributed by atoms with E-state index in [1.807, 2.05) is 18.2 Å². The van der Waals surface area contributed by atoms with Gasteiger partial charge in [-0.1, -0.05) is 47.6 Å². The molecule has 0 spiro atoms. The van der Waals surface area contributed by atoms with E-state index in [2.05, 4.69) is 39.7 Å². The summed E-state index contributed by atoms with van der Waals surface area (Å²) in [5, 5.41) is 6.86. The zero-order valence-electron chi connectivity index (χ0n) is 14.9. The van der Waals surface area contributed by atoms with E-state index in [1.54, 1.807) is 13.8 Å². The van der Waals surface area contributed by atoms with Crippen molar-refractivity contribution in [3.8, 4) is 0 Å². The maximum absolute atomic E-state index is 12.3. The number of hydrogen-bond acceptors (Lipinski definition) is 4. The minimum Gasteiger partial charge on any atom is -0.361 e. The number of rotatable bonds is 6. The number of hydrogen-bond donors (Lipinski definition) is 1. The predicted molar refractivity (Wildman–Crippen MR) is 98.3 cm³/mol. The second-order valence-electron chi connectivity index (χ2n) is 6.64.